The van der Waals surface area contributed by atoms with Crippen molar-refractivity contribution in [3.05, 3.63) is 27.7 Å². The Morgan fingerprint density at radius 3 is 2.62 bits per heavy atom. The molecule has 0 bridgehead atoms. The molecule has 1 aliphatic heterocycles. The van der Waals surface area contributed by atoms with Crippen LogP contribution in [-0.4, -0.2) is 23.7 Å². The van der Waals surface area contributed by atoms with Crippen molar-refractivity contribution in [1.82, 2.24) is 0 Å². The summed E-state index contributed by atoms with van der Waals surface area (Å²) >= 11 is 11.9. The topological polar surface area (TPSA) is 40.5 Å². The Morgan fingerprint density at radius 2 is 2.12 bits per heavy atom. The second kappa shape index (κ2) is 4.24. The lowest BCUT2D eigenvalue weighted by Gasteiger charge is -2.20. The highest BCUT2D eigenvalue weighted by atomic mass is 35.5. The zero-order valence-electron chi connectivity index (χ0n) is 8.70. The molecule has 1 N–H and O–H groups in total. The summed E-state index contributed by atoms with van der Waals surface area (Å²) in [6.45, 7) is 2.13. The molecule has 0 radical (unpaired) electrons. The van der Waals surface area contributed by atoms with Gasteiger partial charge in [-0.15, -0.1) is 0 Å². The van der Waals surface area contributed by atoms with E-state index in [2.05, 4.69) is 0 Å². The Bertz CT molecular complexity index is 425. The minimum Gasteiger partial charge on any atom is -0.391 e. The predicted molar refractivity (Wildman–Crippen MR) is 64.2 cm³/mol. The monoisotopic (exact) mass is 259 g/mol. The molecule has 1 unspecified atom stereocenters. The molecule has 86 valence electrons. The molecule has 3 nitrogen and oxygen atoms in total. The van der Waals surface area contributed by atoms with Crippen molar-refractivity contribution in [3.8, 4) is 0 Å². The fraction of sp³-hybridized carbons (Fsp3) is 0.364. The summed E-state index contributed by atoms with van der Waals surface area (Å²) in [7, 11) is 0. The van der Waals surface area contributed by atoms with Gasteiger partial charge in [-0.3, -0.25) is 4.79 Å². The van der Waals surface area contributed by atoms with Crippen LogP contribution in [0, 0.1) is 6.92 Å². The Hall–Kier alpha value is -0.770. The fourth-order valence-electron chi connectivity index (χ4n) is 1.94. The van der Waals surface area contributed by atoms with Crippen LogP contribution in [0.25, 0.3) is 0 Å². The molecule has 5 heteroatoms. The summed E-state index contributed by atoms with van der Waals surface area (Å²) in [6, 6.07) is 3.35. The van der Waals surface area contributed by atoms with Crippen molar-refractivity contribution < 1.29 is 9.90 Å². The number of nitrogens with zero attached hydrogens (tertiary/aromatic N) is 1. The number of carbonyl (C=O) groups excluding carboxylic acids is 1. The molecule has 1 atom stereocenters. The van der Waals surface area contributed by atoms with E-state index in [0.29, 0.717) is 22.3 Å². The van der Waals surface area contributed by atoms with Gasteiger partial charge in [0.15, 0.2) is 0 Å². The number of benzene rings is 1. The van der Waals surface area contributed by atoms with Gasteiger partial charge >= 0.3 is 0 Å². The lowest BCUT2D eigenvalue weighted by atomic mass is 10.2. The normalized spacial score (nSPS) is 20.6. The molecule has 2 rings (SSSR count). The molecule has 1 heterocycles. The molecule has 1 aliphatic rings. The number of aliphatic hydroxyl groups is 1. The first-order chi connectivity index (χ1) is 7.49. The second-order valence-corrected chi connectivity index (χ2v) is 4.76. The zero-order chi connectivity index (χ0) is 11.9. The first-order valence-electron chi connectivity index (χ1n) is 4.93. The van der Waals surface area contributed by atoms with Crippen molar-refractivity contribution >= 4 is 34.8 Å². The van der Waals surface area contributed by atoms with Crippen LogP contribution in [0.5, 0.6) is 0 Å². The number of rotatable bonds is 1. The number of hydrogen-bond acceptors (Lipinski definition) is 2. The Kier molecular flexibility index (Phi) is 3.10. The molecule has 0 spiro atoms. The smallest absolute Gasteiger partial charge is 0.229 e. The quantitative estimate of drug-likeness (QED) is 0.842. The van der Waals surface area contributed by atoms with Crippen LogP contribution in [0.15, 0.2) is 12.1 Å². The number of halogens is 2. The third-order valence-corrected chi connectivity index (χ3v) is 3.10. The van der Waals surface area contributed by atoms with Crippen LogP contribution < -0.4 is 4.90 Å². The Labute approximate surface area is 104 Å². The number of β-amino-alcohol motifs (C(OH)–C–C–N with tert-alkyl or cyclic N) is 1. The van der Waals surface area contributed by atoms with Crippen molar-refractivity contribution in [2.45, 2.75) is 19.4 Å². The van der Waals surface area contributed by atoms with Crippen LogP contribution in [0.4, 0.5) is 5.69 Å². The van der Waals surface area contributed by atoms with Gasteiger partial charge in [0.1, 0.15) is 0 Å². The third-order valence-electron chi connectivity index (χ3n) is 2.59. The van der Waals surface area contributed by atoms with Crippen LogP contribution >= 0.6 is 23.2 Å². The maximum Gasteiger partial charge on any atom is 0.229 e. The van der Waals surface area contributed by atoms with Crippen molar-refractivity contribution in [3.63, 3.8) is 0 Å². The molecule has 0 saturated carbocycles. The molecule has 0 aromatic heterocycles. The highest BCUT2D eigenvalue weighted by Crippen LogP contribution is 2.35. The van der Waals surface area contributed by atoms with Gasteiger partial charge in [-0.2, -0.15) is 0 Å². The highest BCUT2D eigenvalue weighted by Gasteiger charge is 2.31. The number of carbonyl (C=O) groups is 1. The van der Waals surface area contributed by atoms with E-state index in [0.717, 1.165) is 5.56 Å². The average Bonchev–Trinajstić information content (AvgIpc) is 2.43. The van der Waals surface area contributed by atoms with Gasteiger partial charge in [0.25, 0.3) is 0 Å². The summed E-state index contributed by atoms with van der Waals surface area (Å²) in [5, 5.41) is 10.4. The number of anilines is 1. The maximum atomic E-state index is 11.6. The average molecular weight is 260 g/mol. The van der Waals surface area contributed by atoms with Crippen LogP contribution in [-0.2, 0) is 4.79 Å². The lowest BCUT2D eigenvalue weighted by molar-refractivity contribution is -0.117. The first-order valence-corrected chi connectivity index (χ1v) is 5.68. The molecular weight excluding hydrogens is 249 g/mol. The Morgan fingerprint density at radius 1 is 1.44 bits per heavy atom. The summed E-state index contributed by atoms with van der Waals surface area (Å²) in [6.07, 6.45) is -0.461. The summed E-state index contributed by atoms with van der Waals surface area (Å²) in [4.78, 5) is 13.2. The number of amides is 1. The van der Waals surface area contributed by atoms with Gasteiger partial charge in [0, 0.05) is 5.02 Å². The lowest BCUT2D eigenvalue weighted by Crippen LogP contribution is -2.26. The van der Waals surface area contributed by atoms with E-state index in [9.17, 15) is 9.90 Å². The number of aliphatic hydroxyl groups excluding tert-OH is 1. The van der Waals surface area contributed by atoms with Gasteiger partial charge in [0.2, 0.25) is 5.91 Å². The van der Waals surface area contributed by atoms with Gasteiger partial charge in [-0.25, -0.2) is 0 Å². The molecule has 16 heavy (non-hydrogen) atoms. The van der Waals surface area contributed by atoms with Crippen molar-refractivity contribution in [2.24, 2.45) is 0 Å². The van der Waals surface area contributed by atoms with Gasteiger partial charge < -0.3 is 10.0 Å². The predicted octanol–water partition coefficient (Wildman–Crippen LogP) is 2.40. The van der Waals surface area contributed by atoms with Crippen molar-refractivity contribution in [1.29, 1.82) is 0 Å². The van der Waals surface area contributed by atoms with Crippen molar-refractivity contribution in [2.75, 3.05) is 11.4 Å². The zero-order valence-corrected chi connectivity index (χ0v) is 10.2. The van der Waals surface area contributed by atoms with Crippen LogP contribution in [0.1, 0.15) is 12.0 Å². The van der Waals surface area contributed by atoms with E-state index in [1.54, 1.807) is 12.1 Å². The third kappa shape index (κ3) is 2.03. The van der Waals surface area contributed by atoms with Gasteiger partial charge in [-0.1, -0.05) is 23.2 Å². The molecule has 0 aliphatic carbocycles. The molecule has 1 amide bonds. The van der Waals surface area contributed by atoms with E-state index in [1.807, 2.05) is 6.92 Å². The molecule has 1 aromatic rings. The maximum absolute atomic E-state index is 11.6. The van der Waals surface area contributed by atoms with Gasteiger partial charge in [0.05, 0.1) is 29.8 Å². The van der Waals surface area contributed by atoms with Crippen LogP contribution in [0.3, 0.4) is 0 Å². The SMILES string of the molecule is Cc1cc(Cl)cc(Cl)c1N1CC(O)CC1=O. The Balaban J connectivity index is 2.44. The molecule has 1 aromatic carbocycles. The minimum atomic E-state index is -0.612. The molecular formula is C11H11Cl2NO2. The van der Waals surface area contributed by atoms with E-state index in [1.165, 1.54) is 4.90 Å². The standard InChI is InChI=1S/C11H11Cl2NO2/c1-6-2-7(12)3-9(13)11(6)14-5-8(15)4-10(14)16/h2-3,8,15H,4-5H2,1H3. The highest BCUT2D eigenvalue weighted by molar-refractivity contribution is 6.37. The van der Waals surface area contributed by atoms with E-state index in [-0.39, 0.29) is 12.3 Å². The number of hydrogen-bond donors (Lipinski definition) is 1. The first kappa shape index (κ1) is 11.7. The largest absolute Gasteiger partial charge is 0.391 e. The second-order valence-electron chi connectivity index (χ2n) is 3.92. The summed E-state index contributed by atoms with van der Waals surface area (Å²) < 4.78 is 0. The van der Waals surface area contributed by atoms with E-state index < -0.39 is 6.10 Å². The molecule has 1 saturated heterocycles. The van der Waals surface area contributed by atoms with Gasteiger partial charge in [-0.05, 0) is 24.6 Å². The fourth-order valence-corrected chi connectivity index (χ4v) is 2.64. The molecule has 1 fully saturated rings. The van der Waals surface area contributed by atoms with E-state index in [4.69, 9.17) is 23.2 Å². The summed E-state index contributed by atoms with van der Waals surface area (Å²) in [5.74, 6) is -0.111. The van der Waals surface area contributed by atoms with Crippen LogP contribution in [0.2, 0.25) is 10.0 Å². The minimum absolute atomic E-state index is 0.111. The van der Waals surface area contributed by atoms with E-state index >= 15 is 0 Å². The summed E-state index contributed by atoms with van der Waals surface area (Å²) in [5.41, 5.74) is 1.48. The number of aryl methyl sites for hydroxylation is 1.